The second kappa shape index (κ2) is 5.18. The normalized spacial score (nSPS) is 10.4. The van der Waals surface area contributed by atoms with E-state index in [1.54, 1.807) is 20.9 Å². The number of hydrogen-bond acceptors (Lipinski definition) is 5. The summed E-state index contributed by atoms with van der Waals surface area (Å²) < 4.78 is 0. The molecule has 0 spiro atoms. The van der Waals surface area contributed by atoms with Gasteiger partial charge in [-0.3, -0.25) is 9.59 Å². The van der Waals surface area contributed by atoms with Crippen molar-refractivity contribution < 1.29 is 9.59 Å². The van der Waals surface area contributed by atoms with Crippen molar-refractivity contribution in [2.75, 3.05) is 25.1 Å². The molecule has 1 amide bonds. The predicted octanol–water partition coefficient (Wildman–Crippen LogP) is 1.57. The zero-order chi connectivity index (χ0) is 13.2. The first-order valence-electron chi connectivity index (χ1n) is 5.30. The van der Waals surface area contributed by atoms with Crippen molar-refractivity contribution in [1.82, 2.24) is 5.32 Å². The number of carbonyl (C=O) groups is 2. The summed E-state index contributed by atoms with van der Waals surface area (Å²) >= 11 is 1.22. The zero-order valence-electron chi connectivity index (χ0n) is 10.4. The summed E-state index contributed by atoms with van der Waals surface area (Å²) in [5, 5.41) is 6.02. The summed E-state index contributed by atoms with van der Waals surface area (Å²) in [5.41, 5.74) is 6.50. The molecule has 4 N–H and O–H groups in total. The van der Waals surface area contributed by atoms with E-state index in [-0.39, 0.29) is 23.3 Å². The lowest BCUT2D eigenvalue weighted by molar-refractivity contribution is 0.0944. The van der Waals surface area contributed by atoms with E-state index in [1.807, 2.05) is 0 Å². The van der Waals surface area contributed by atoms with Crippen LogP contribution >= 0.6 is 11.3 Å². The van der Waals surface area contributed by atoms with Crippen molar-refractivity contribution in [1.29, 1.82) is 0 Å². The molecule has 5 nitrogen and oxygen atoms in total. The largest absolute Gasteiger partial charge is 0.397 e. The van der Waals surface area contributed by atoms with Crippen molar-refractivity contribution in [3.8, 4) is 0 Å². The monoisotopic (exact) mass is 255 g/mol. The van der Waals surface area contributed by atoms with E-state index in [0.29, 0.717) is 15.4 Å². The number of anilines is 2. The highest BCUT2D eigenvalue weighted by Crippen LogP contribution is 2.36. The van der Waals surface area contributed by atoms with Gasteiger partial charge in [0.05, 0.1) is 16.1 Å². The third-order valence-corrected chi connectivity index (χ3v) is 3.61. The van der Waals surface area contributed by atoms with Crippen LogP contribution in [0.4, 0.5) is 10.7 Å². The van der Waals surface area contributed by atoms with Gasteiger partial charge in [0.15, 0.2) is 5.78 Å². The van der Waals surface area contributed by atoms with Crippen LogP contribution in [-0.4, -0.2) is 25.8 Å². The van der Waals surface area contributed by atoms with Crippen LogP contribution < -0.4 is 16.4 Å². The molecule has 1 aromatic rings. The highest BCUT2D eigenvalue weighted by molar-refractivity contribution is 7.19. The fraction of sp³-hybridized carbons (Fsp3) is 0.455. The number of rotatable bonds is 4. The maximum absolute atomic E-state index is 11.9. The molecule has 6 heteroatoms. The zero-order valence-corrected chi connectivity index (χ0v) is 11.2. The lowest BCUT2D eigenvalue weighted by Crippen LogP contribution is -2.20. The molecule has 1 rings (SSSR count). The number of Topliss-reactive ketones (excluding diaryl/α,β-unsaturated/α-hetero) is 1. The van der Waals surface area contributed by atoms with Gasteiger partial charge in [0.25, 0.3) is 5.91 Å². The van der Waals surface area contributed by atoms with Gasteiger partial charge in [0.2, 0.25) is 0 Å². The molecule has 0 aliphatic rings. The summed E-state index contributed by atoms with van der Waals surface area (Å²) in [4.78, 5) is 24.1. The van der Waals surface area contributed by atoms with E-state index >= 15 is 0 Å². The van der Waals surface area contributed by atoms with Crippen molar-refractivity contribution in [3.05, 3.63) is 10.4 Å². The Balaban J connectivity index is 3.33. The summed E-state index contributed by atoms with van der Waals surface area (Å²) in [5.74, 6) is -0.469. The molecule has 1 aromatic heterocycles. The minimum atomic E-state index is -0.286. The summed E-state index contributed by atoms with van der Waals surface area (Å²) in [6.45, 7) is 3.61. The second-order valence-electron chi connectivity index (χ2n) is 3.90. The number of thiophene rings is 1. The molecule has 0 radical (unpaired) electrons. The average Bonchev–Trinajstić information content (AvgIpc) is 2.64. The first kappa shape index (κ1) is 13.5. The third kappa shape index (κ3) is 2.41. The Morgan fingerprint density at radius 3 is 2.29 bits per heavy atom. The maximum Gasteiger partial charge on any atom is 0.256 e. The van der Waals surface area contributed by atoms with E-state index in [1.165, 1.54) is 18.4 Å². The van der Waals surface area contributed by atoms with Crippen LogP contribution in [0.25, 0.3) is 0 Å². The fourth-order valence-electron chi connectivity index (χ4n) is 1.42. The van der Waals surface area contributed by atoms with Gasteiger partial charge in [-0.25, -0.2) is 0 Å². The minimum Gasteiger partial charge on any atom is -0.397 e. The van der Waals surface area contributed by atoms with Gasteiger partial charge in [0, 0.05) is 20.0 Å². The average molecular weight is 255 g/mol. The smallest absolute Gasteiger partial charge is 0.256 e. The minimum absolute atomic E-state index is 0.0425. The molecular weight excluding hydrogens is 238 g/mol. The second-order valence-corrected chi connectivity index (χ2v) is 4.92. The van der Waals surface area contributed by atoms with Gasteiger partial charge in [-0.2, -0.15) is 0 Å². The maximum atomic E-state index is 11.9. The number of nitrogen functional groups attached to an aromatic ring is 1. The molecule has 17 heavy (non-hydrogen) atoms. The molecule has 0 atom stereocenters. The lowest BCUT2D eigenvalue weighted by Gasteiger charge is -2.03. The predicted molar refractivity (Wildman–Crippen MR) is 70.8 cm³/mol. The Kier molecular flexibility index (Phi) is 4.11. The molecule has 0 aliphatic heterocycles. The van der Waals surface area contributed by atoms with Gasteiger partial charge in [-0.15, -0.1) is 11.3 Å². The molecular formula is C11H17N3O2S. The van der Waals surface area contributed by atoms with Gasteiger partial charge >= 0.3 is 0 Å². The molecule has 0 fully saturated rings. The van der Waals surface area contributed by atoms with E-state index in [0.717, 1.165) is 0 Å². The van der Waals surface area contributed by atoms with E-state index < -0.39 is 0 Å². The summed E-state index contributed by atoms with van der Waals surface area (Å²) in [6, 6.07) is 0. The molecule has 0 aromatic carbocycles. The van der Waals surface area contributed by atoms with E-state index in [2.05, 4.69) is 10.6 Å². The standard InChI is InChI=1S/C11H17N3O2S/c1-5(2)8(15)9-7(12)6(10(16)13-3)11(14-4)17-9/h5,14H,12H2,1-4H3,(H,13,16). The van der Waals surface area contributed by atoms with Crippen molar-refractivity contribution in [3.63, 3.8) is 0 Å². The van der Waals surface area contributed by atoms with Gasteiger partial charge in [0.1, 0.15) is 5.00 Å². The summed E-state index contributed by atoms with van der Waals surface area (Å²) in [6.07, 6.45) is 0. The van der Waals surface area contributed by atoms with Crippen LogP contribution in [-0.2, 0) is 0 Å². The highest BCUT2D eigenvalue weighted by Gasteiger charge is 2.25. The first-order chi connectivity index (χ1) is 7.93. The van der Waals surface area contributed by atoms with Crippen LogP contribution in [0.3, 0.4) is 0 Å². The molecule has 0 bridgehead atoms. The van der Waals surface area contributed by atoms with Crippen LogP contribution in [0.5, 0.6) is 0 Å². The van der Waals surface area contributed by atoms with Gasteiger partial charge in [-0.1, -0.05) is 13.8 Å². The Morgan fingerprint density at radius 1 is 1.29 bits per heavy atom. The number of nitrogens with two attached hydrogens (primary N) is 1. The van der Waals surface area contributed by atoms with Gasteiger partial charge < -0.3 is 16.4 Å². The topological polar surface area (TPSA) is 84.2 Å². The van der Waals surface area contributed by atoms with E-state index in [4.69, 9.17) is 5.73 Å². The number of ketones is 1. The Labute approximate surface area is 104 Å². The molecule has 0 saturated carbocycles. The van der Waals surface area contributed by atoms with Crippen LogP contribution in [0.2, 0.25) is 0 Å². The van der Waals surface area contributed by atoms with Crippen molar-refractivity contribution in [2.45, 2.75) is 13.8 Å². The Morgan fingerprint density at radius 2 is 1.88 bits per heavy atom. The third-order valence-electron chi connectivity index (χ3n) is 2.37. The molecule has 1 heterocycles. The van der Waals surface area contributed by atoms with E-state index in [9.17, 15) is 9.59 Å². The van der Waals surface area contributed by atoms with Crippen LogP contribution in [0, 0.1) is 5.92 Å². The molecule has 94 valence electrons. The van der Waals surface area contributed by atoms with Crippen molar-refractivity contribution >= 4 is 33.7 Å². The lowest BCUT2D eigenvalue weighted by atomic mass is 10.1. The quantitative estimate of drug-likeness (QED) is 0.713. The number of amides is 1. The number of nitrogens with one attached hydrogen (secondary N) is 2. The van der Waals surface area contributed by atoms with Crippen molar-refractivity contribution in [2.24, 2.45) is 5.92 Å². The Bertz CT molecular complexity index is 452. The first-order valence-corrected chi connectivity index (χ1v) is 6.12. The molecule has 0 aliphatic carbocycles. The fourth-order valence-corrected chi connectivity index (χ4v) is 2.57. The number of carbonyl (C=O) groups excluding carboxylic acids is 2. The van der Waals surface area contributed by atoms with Crippen LogP contribution in [0.1, 0.15) is 33.9 Å². The van der Waals surface area contributed by atoms with Crippen LogP contribution in [0.15, 0.2) is 0 Å². The van der Waals surface area contributed by atoms with Gasteiger partial charge in [-0.05, 0) is 0 Å². The summed E-state index contributed by atoms with van der Waals surface area (Å²) in [7, 11) is 3.23. The number of hydrogen-bond donors (Lipinski definition) is 3. The molecule has 0 saturated heterocycles. The molecule has 0 unspecified atom stereocenters. The Hall–Kier alpha value is -1.56. The highest BCUT2D eigenvalue weighted by atomic mass is 32.1. The SMILES string of the molecule is CNC(=O)c1c(NC)sc(C(=O)C(C)C)c1N.